The summed E-state index contributed by atoms with van der Waals surface area (Å²) in [5.41, 5.74) is 10.3. The van der Waals surface area contributed by atoms with Gasteiger partial charge in [-0.25, -0.2) is 0 Å². The lowest BCUT2D eigenvalue weighted by molar-refractivity contribution is -0.119. The molecule has 4 N–H and O–H groups in total. The Kier molecular flexibility index (Phi) is 32.4. The number of rotatable bonds is 31. The lowest BCUT2D eigenvalue weighted by Gasteiger charge is -2.00. The third kappa shape index (κ3) is 37.4. The Balaban J connectivity index is 3.36. The summed E-state index contributed by atoms with van der Waals surface area (Å²) < 4.78 is 0. The molecule has 0 bridgehead atoms. The van der Waals surface area contributed by atoms with Gasteiger partial charge >= 0.3 is 0 Å². The van der Waals surface area contributed by atoms with E-state index < -0.39 is 0 Å². The lowest BCUT2D eigenvalue weighted by atomic mass is 10.1. The number of primary amides is 2. The average Bonchev–Trinajstić information content (AvgIpc) is 2.96. The van der Waals surface area contributed by atoms with Crippen LogP contribution in [0.25, 0.3) is 0 Å². The van der Waals surface area contributed by atoms with Crippen molar-refractivity contribution in [3.05, 3.63) is 72.9 Å². The molecule has 2 amide bonds. The molecule has 0 aromatic carbocycles. The number of unbranched alkanes of at least 4 members (excludes halogenated alkanes) is 19. The van der Waals surface area contributed by atoms with Gasteiger partial charge in [0.05, 0.1) is 0 Å². The first-order chi connectivity index (χ1) is 20.6. The Bertz CT molecular complexity index is 723. The largest absolute Gasteiger partial charge is 0.370 e. The molecule has 42 heavy (non-hydrogen) atoms. The number of allylic oxidation sites excluding steroid dienone is 12. The van der Waals surface area contributed by atoms with Crippen LogP contribution in [0.15, 0.2) is 72.9 Å². The quantitative estimate of drug-likeness (QED) is 0.0631. The van der Waals surface area contributed by atoms with Gasteiger partial charge in [0.25, 0.3) is 0 Å². The second kappa shape index (κ2) is 34.6. The van der Waals surface area contributed by atoms with Crippen molar-refractivity contribution >= 4 is 11.8 Å². The van der Waals surface area contributed by atoms with E-state index in [1.54, 1.807) is 0 Å². The molecule has 0 saturated heterocycles. The van der Waals surface area contributed by atoms with Crippen molar-refractivity contribution in [3.63, 3.8) is 0 Å². The topological polar surface area (TPSA) is 86.2 Å². The van der Waals surface area contributed by atoms with Crippen LogP contribution in [0.1, 0.15) is 154 Å². The SMILES string of the molecule is NC(=O)CCCCCCCC=CC=CC=CCCCCCCCCCCC=CC=CC=CCCCCCCCC(N)=O. The molecule has 0 radical (unpaired) electrons. The van der Waals surface area contributed by atoms with Crippen LogP contribution < -0.4 is 11.5 Å². The van der Waals surface area contributed by atoms with Gasteiger partial charge in [-0.2, -0.15) is 0 Å². The molecule has 0 rings (SSSR count). The van der Waals surface area contributed by atoms with E-state index in [1.807, 2.05) is 0 Å². The van der Waals surface area contributed by atoms with Crippen LogP contribution in [-0.2, 0) is 9.59 Å². The fourth-order valence-electron chi connectivity index (χ4n) is 4.72. The highest BCUT2D eigenvalue weighted by molar-refractivity contribution is 5.73. The first-order valence-electron chi connectivity index (χ1n) is 17.2. The zero-order valence-electron chi connectivity index (χ0n) is 26.9. The highest BCUT2D eigenvalue weighted by atomic mass is 16.1. The zero-order valence-corrected chi connectivity index (χ0v) is 26.9. The van der Waals surface area contributed by atoms with E-state index in [1.165, 1.54) is 103 Å². The average molecular weight is 581 g/mol. The third-order valence-electron chi connectivity index (χ3n) is 7.29. The van der Waals surface area contributed by atoms with Crippen molar-refractivity contribution in [2.45, 2.75) is 154 Å². The molecule has 0 unspecified atom stereocenters. The standard InChI is InChI=1S/C38H64N2O2/c39-37(41)35-33-31-29-27-25-23-21-19-17-15-13-11-9-7-5-3-1-2-4-6-8-10-12-14-16-18-20-22-24-26-28-30-32-34-36-38(40)42/h11-22H,1-10,23-36H2,(H2,39,41)(H2,40,42). The van der Waals surface area contributed by atoms with Crippen LogP contribution >= 0.6 is 0 Å². The molecule has 0 aliphatic rings. The molecule has 0 aliphatic heterocycles. The minimum absolute atomic E-state index is 0.180. The summed E-state index contributed by atoms with van der Waals surface area (Å²) in [6, 6.07) is 0. The second-order valence-corrected chi connectivity index (χ2v) is 11.4. The fourth-order valence-corrected chi connectivity index (χ4v) is 4.72. The first kappa shape index (κ1) is 39.4. The molecule has 0 atom stereocenters. The Morgan fingerprint density at radius 3 is 0.762 bits per heavy atom. The van der Waals surface area contributed by atoms with Crippen LogP contribution in [0, 0.1) is 0 Å². The summed E-state index contributed by atoms with van der Waals surface area (Å²) in [7, 11) is 0. The van der Waals surface area contributed by atoms with Crippen LogP contribution in [0.2, 0.25) is 0 Å². The Morgan fingerprint density at radius 2 is 0.524 bits per heavy atom. The van der Waals surface area contributed by atoms with Crippen LogP contribution in [0.3, 0.4) is 0 Å². The van der Waals surface area contributed by atoms with Gasteiger partial charge in [-0.05, 0) is 64.2 Å². The summed E-state index contributed by atoms with van der Waals surface area (Å²) in [5, 5.41) is 0. The van der Waals surface area contributed by atoms with Crippen molar-refractivity contribution in [3.8, 4) is 0 Å². The molecule has 0 aromatic rings. The van der Waals surface area contributed by atoms with Crippen molar-refractivity contribution in [2.24, 2.45) is 11.5 Å². The Morgan fingerprint density at radius 1 is 0.310 bits per heavy atom. The molecule has 0 fully saturated rings. The van der Waals surface area contributed by atoms with Crippen molar-refractivity contribution in [1.82, 2.24) is 0 Å². The van der Waals surface area contributed by atoms with Gasteiger partial charge in [0.15, 0.2) is 0 Å². The molecule has 238 valence electrons. The fraction of sp³-hybridized carbons (Fsp3) is 0.632. The van der Waals surface area contributed by atoms with Crippen LogP contribution in [0.5, 0.6) is 0 Å². The predicted octanol–water partition coefficient (Wildman–Crippen LogP) is 10.7. The van der Waals surface area contributed by atoms with Crippen molar-refractivity contribution < 1.29 is 9.59 Å². The van der Waals surface area contributed by atoms with Gasteiger partial charge in [0, 0.05) is 12.8 Å². The number of amides is 2. The summed E-state index contributed by atoms with van der Waals surface area (Å²) in [5.74, 6) is -0.361. The van der Waals surface area contributed by atoms with E-state index >= 15 is 0 Å². The minimum atomic E-state index is -0.180. The van der Waals surface area contributed by atoms with Crippen LogP contribution in [-0.4, -0.2) is 11.8 Å². The molecule has 0 saturated carbocycles. The molecule has 0 heterocycles. The maximum absolute atomic E-state index is 10.7. The number of nitrogens with two attached hydrogens (primary N) is 2. The monoisotopic (exact) mass is 580 g/mol. The first-order valence-corrected chi connectivity index (χ1v) is 17.2. The normalized spacial score (nSPS) is 12.5. The molecule has 0 aliphatic carbocycles. The van der Waals surface area contributed by atoms with Gasteiger partial charge < -0.3 is 11.5 Å². The predicted molar refractivity (Wildman–Crippen MR) is 184 cm³/mol. The molecule has 4 heteroatoms. The molecule has 4 nitrogen and oxygen atoms in total. The van der Waals surface area contributed by atoms with E-state index in [9.17, 15) is 9.59 Å². The Labute approximate surface area is 259 Å². The molecular formula is C38H64N2O2. The summed E-state index contributed by atoms with van der Waals surface area (Å²) >= 11 is 0. The van der Waals surface area contributed by atoms with Gasteiger partial charge in [0.1, 0.15) is 0 Å². The van der Waals surface area contributed by atoms with Gasteiger partial charge in [0.2, 0.25) is 11.8 Å². The summed E-state index contributed by atoms with van der Waals surface area (Å²) in [4.78, 5) is 21.4. The third-order valence-corrected chi connectivity index (χ3v) is 7.29. The lowest BCUT2D eigenvalue weighted by Crippen LogP contribution is -2.09. The van der Waals surface area contributed by atoms with Gasteiger partial charge in [-0.1, -0.05) is 150 Å². The second-order valence-electron chi connectivity index (χ2n) is 11.4. The minimum Gasteiger partial charge on any atom is -0.370 e. The number of hydrogen-bond donors (Lipinski definition) is 2. The number of hydrogen-bond acceptors (Lipinski definition) is 2. The van der Waals surface area contributed by atoms with Crippen molar-refractivity contribution in [1.29, 1.82) is 0 Å². The van der Waals surface area contributed by atoms with Gasteiger partial charge in [-0.15, -0.1) is 0 Å². The van der Waals surface area contributed by atoms with Crippen molar-refractivity contribution in [2.75, 3.05) is 0 Å². The highest BCUT2D eigenvalue weighted by Crippen LogP contribution is 2.12. The number of carbonyl (C=O) groups excluding carboxylic acids is 2. The summed E-state index contributed by atoms with van der Waals surface area (Å²) in [6.07, 6.45) is 54.0. The molecule has 0 aromatic heterocycles. The highest BCUT2D eigenvalue weighted by Gasteiger charge is 1.95. The summed E-state index contributed by atoms with van der Waals surface area (Å²) in [6.45, 7) is 0. The Hall–Kier alpha value is -2.62. The molecule has 0 spiro atoms. The zero-order chi connectivity index (χ0) is 30.6. The van der Waals surface area contributed by atoms with Crippen LogP contribution in [0.4, 0.5) is 0 Å². The van der Waals surface area contributed by atoms with E-state index in [2.05, 4.69) is 72.9 Å². The number of carbonyl (C=O) groups is 2. The van der Waals surface area contributed by atoms with E-state index in [0.717, 1.165) is 38.5 Å². The van der Waals surface area contributed by atoms with E-state index in [0.29, 0.717) is 12.8 Å². The maximum Gasteiger partial charge on any atom is 0.217 e. The van der Waals surface area contributed by atoms with Gasteiger partial charge in [-0.3, -0.25) is 9.59 Å². The molecular weight excluding hydrogens is 516 g/mol. The van der Waals surface area contributed by atoms with E-state index in [-0.39, 0.29) is 11.8 Å². The maximum atomic E-state index is 10.7. The van der Waals surface area contributed by atoms with E-state index in [4.69, 9.17) is 11.5 Å². The smallest absolute Gasteiger partial charge is 0.217 e.